The van der Waals surface area contributed by atoms with Crippen LogP contribution in [0.25, 0.3) is 0 Å². The Labute approximate surface area is 204 Å². The number of carbonyl (C=O) groups is 1. The molecular weight excluding hydrogens is 501 g/mol. The molecule has 1 aromatic rings. The van der Waals surface area contributed by atoms with E-state index in [9.17, 15) is 4.79 Å². The smallest absolute Gasteiger partial charge is 0.222 e. The van der Waals surface area contributed by atoms with Crippen molar-refractivity contribution in [1.82, 2.24) is 20.0 Å². The minimum Gasteiger partial charge on any atom is -0.352 e. The fourth-order valence-electron chi connectivity index (χ4n) is 5.12. The summed E-state index contributed by atoms with van der Waals surface area (Å²) in [5.74, 6) is 2.05. The highest BCUT2D eigenvalue weighted by Gasteiger charge is 2.27. The van der Waals surface area contributed by atoms with Crippen molar-refractivity contribution in [3.63, 3.8) is 0 Å². The van der Waals surface area contributed by atoms with Gasteiger partial charge in [0.05, 0.1) is 0 Å². The molecule has 1 aromatic carbocycles. The molecule has 6 nitrogen and oxygen atoms in total. The second kappa shape index (κ2) is 12.0. The van der Waals surface area contributed by atoms with Gasteiger partial charge in [0.1, 0.15) is 0 Å². The van der Waals surface area contributed by atoms with Gasteiger partial charge in [0, 0.05) is 52.7 Å². The highest BCUT2D eigenvalue weighted by atomic mass is 127. The number of likely N-dealkylation sites (tertiary alicyclic amines) is 3. The molecule has 0 aliphatic carbocycles. The van der Waals surface area contributed by atoms with E-state index in [-0.39, 0.29) is 29.9 Å². The van der Waals surface area contributed by atoms with Crippen molar-refractivity contribution in [1.29, 1.82) is 0 Å². The Morgan fingerprint density at radius 2 is 1.90 bits per heavy atom. The van der Waals surface area contributed by atoms with Crippen molar-refractivity contribution in [2.45, 2.75) is 51.6 Å². The number of benzene rings is 1. The Hall–Kier alpha value is -1.35. The fourth-order valence-corrected chi connectivity index (χ4v) is 5.12. The molecule has 0 spiro atoms. The van der Waals surface area contributed by atoms with Crippen LogP contribution < -0.4 is 5.32 Å². The van der Waals surface area contributed by atoms with E-state index in [1.54, 1.807) is 0 Å². The molecule has 1 amide bonds. The molecule has 3 saturated heterocycles. The highest BCUT2D eigenvalue weighted by molar-refractivity contribution is 14.0. The molecule has 0 saturated carbocycles. The lowest BCUT2D eigenvalue weighted by Gasteiger charge is -2.29. The van der Waals surface area contributed by atoms with E-state index in [2.05, 4.69) is 44.4 Å². The molecule has 3 aliphatic rings. The summed E-state index contributed by atoms with van der Waals surface area (Å²) < 4.78 is 0. The minimum absolute atomic E-state index is 0. The van der Waals surface area contributed by atoms with Crippen molar-refractivity contribution in [3.05, 3.63) is 35.4 Å². The van der Waals surface area contributed by atoms with Crippen molar-refractivity contribution < 1.29 is 4.79 Å². The minimum atomic E-state index is 0. The van der Waals surface area contributed by atoms with Crippen molar-refractivity contribution in [2.24, 2.45) is 10.9 Å². The predicted molar refractivity (Wildman–Crippen MR) is 137 cm³/mol. The van der Waals surface area contributed by atoms with Crippen molar-refractivity contribution in [2.75, 3.05) is 46.3 Å². The van der Waals surface area contributed by atoms with E-state index in [1.165, 1.54) is 56.4 Å². The molecule has 1 atom stereocenters. The highest BCUT2D eigenvalue weighted by Crippen LogP contribution is 2.20. The largest absolute Gasteiger partial charge is 0.352 e. The molecule has 1 N–H and O–H groups in total. The zero-order chi connectivity index (χ0) is 20.8. The van der Waals surface area contributed by atoms with Gasteiger partial charge >= 0.3 is 0 Å². The third-order valence-corrected chi connectivity index (χ3v) is 6.75. The molecular formula is C24H38IN5O. The lowest BCUT2D eigenvalue weighted by Crippen LogP contribution is -2.41. The molecule has 0 radical (unpaired) electrons. The maximum Gasteiger partial charge on any atom is 0.222 e. The quantitative estimate of drug-likeness (QED) is 0.343. The lowest BCUT2D eigenvalue weighted by atomic mass is 10.1. The first-order chi connectivity index (χ1) is 14.7. The van der Waals surface area contributed by atoms with Crippen LogP contribution in [0.2, 0.25) is 0 Å². The Kier molecular flexibility index (Phi) is 9.44. The van der Waals surface area contributed by atoms with Crippen LogP contribution in [0.5, 0.6) is 0 Å². The molecule has 7 heteroatoms. The van der Waals surface area contributed by atoms with Crippen molar-refractivity contribution >= 4 is 35.8 Å². The summed E-state index contributed by atoms with van der Waals surface area (Å²) in [5, 5.41) is 3.56. The van der Waals surface area contributed by atoms with Crippen LogP contribution in [0.4, 0.5) is 0 Å². The topological polar surface area (TPSA) is 51.2 Å². The first-order valence-corrected chi connectivity index (χ1v) is 11.7. The number of nitrogens with one attached hydrogen (secondary N) is 1. The van der Waals surface area contributed by atoms with Gasteiger partial charge in [-0.25, -0.2) is 0 Å². The molecule has 172 valence electrons. The van der Waals surface area contributed by atoms with E-state index in [0.717, 1.165) is 51.0 Å². The number of hydrogen-bond acceptors (Lipinski definition) is 3. The third-order valence-electron chi connectivity index (χ3n) is 6.75. The second-order valence-corrected chi connectivity index (χ2v) is 9.10. The van der Waals surface area contributed by atoms with Crippen LogP contribution in [0.3, 0.4) is 0 Å². The van der Waals surface area contributed by atoms with E-state index in [0.29, 0.717) is 6.42 Å². The maximum absolute atomic E-state index is 11.9. The van der Waals surface area contributed by atoms with E-state index in [1.807, 2.05) is 11.9 Å². The third kappa shape index (κ3) is 6.81. The number of nitrogens with zero attached hydrogens (tertiary/aromatic N) is 4. The number of amides is 1. The van der Waals surface area contributed by atoms with Gasteiger partial charge in [-0.05, 0) is 55.8 Å². The van der Waals surface area contributed by atoms with Crippen LogP contribution in [-0.4, -0.2) is 72.9 Å². The van der Waals surface area contributed by atoms with E-state index in [4.69, 9.17) is 0 Å². The van der Waals surface area contributed by atoms with E-state index < -0.39 is 0 Å². The molecule has 4 rings (SSSR count). The maximum atomic E-state index is 11.9. The van der Waals surface area contributed by atoms with Crippen LogP contribution in [0.1, 0.15) is 49.7 Å². The summed E-state index contributed by atoms with van der Waals surface area (Å²) in [7, 11) is 1.88. The molecule has 3 aliphatic heterocycles. The summed E-state index contributed by atoms with van der Waals surface area (Å²) in [6.07, 6.45) is 7.09. The summed E-state index contributed by atoms with van der Waals surface area (Å²) in [6, 6.07) is 8.59. The average molecular weight is 540 g/mol. The first-order valence-electron chi connectivity index (χ1n) is 11.7. The van der Waals surface area contributed by atoms with Crippen LogP contribution >= 0.6 is 24.0 Å². The van der Waals surface area contributed by atoms with Gasteiger partial charge in [0.2, 0.25) is 5.91 Å². The number of rotatable bonds is 6. The fraction of sp³-hybridized carbons (Fsp3) is 0.667. The lowest BCUT2D eigenvalue weighted by molar-refractivity contribution is -0.128. The normalized spacial score (nSPS) is 22.7. The number of aliphatic imine (C=N–C) groups is 1. The van der Waals surface area contributed by atoms with Gasteiger partial charge in [0.25, 0.3) is 0 Å². The number of carbonyl (C=O) groups excluding carboxylic acids is 1. The zero-order valence-electron chi connectivity index (χ0n) is 18.9. The number of guanidine groups is 1. The Bertz CT molecular complexity index is 749. The summed E-state index contributed by atoms with van der Waals surface area (Å²) >= 11 is 0. The standard InChI is InChI=1S/C24H37N5O.HI/c1-25-24(29-14-10-22(19-29)17-27-11-3-2-4-12-27)26-16-20-7-5-8-21(15-20)18-28-13-6-9-23(28)30;/h5,7-8,15,22H,2-4,6,9-14,16-19H2,1H3,(H,25,26);1H. The Morgan fingerprint density at radius 3 is 2.65 bits per heavy atom. The molecule has 3 heterocycles. The van der Waals surface area contributed by atoms with E-state index >= 15 is 0 Å². The first kappa shape index (κ1) is 24.3. The van der Waals surface area contributed by atoms with Gasteiger partial charge in [-0.1, -0.05) is 30.7 Å². The van der Waals surface area contributed by atoms with Gasteiger partial charge < -0.3 is 20.0 Å². The molecule has 3 fully saturated rings. The number of hydrogen-bond donors (Lipinski definition) is 1. The van der Waals surface area contributed by atoms with Crippen LogP contribution in [-0.2, 0) is 17.9 Å². The molecule has 31 heavy (non-hydrogen) atoms. The Balaban J connectivity index is 0.00000272. The molecule has 0 bridgehead atoms. The van der Waals surface area contributed by atoms with Gasteiger partial charge in [0.15, 0.2) is 5.96 Å². The summed E-state index contributed by atoms with van der Waals surface area (Å²) in [5.41, 5.74) is 2.45. The monoisotopic (exact) mass is 539 g/mol. The predicted octanol–water partition coefficient (Wildman–Crippen LogP) is 3.31. The Morgan fingerprint density at radius 1 is 1.10 bits per heavy atom. The average Bonchev–Trinajstić information content (AvgIpc) is 3.39. The zero-order valence-corrected chi connectivity index (χ0v) is 21.2. The molecule has 0 aromatic heterocycles. The van der Waals surface area contributed by atoms with Gasteiger partial charge in [-0.2, -0.15) is 0 Å². The van der Waals surface area contributed by atoms with Crippen LogP contribution in [0.15, 0.2) is 29.3 Å². The number of halogens is 1. The molecule has 1 unspecified atom stereocenters. The SMILES string of the molecule is CN=C(NCc1cccc(CN2CCCC2=O)c1)N1CCC(CN2CCCCC2)C1.I. The van der Waals surface area contributed by atoms with Crippen LogP contribution in [0, 0.1) is 5.92 Å². The van der Waals surface area contributed by atoms with Gasteiger partial charge in [-0.15, -0.1) is 24.0 Å². The van der Waals surface area contributed by atoms with Gasteiger partial charge in [-0.3, -0.25) is 9.79 Å². The second-order valence-electron chi connectivity index (χ2n) is 9.10. The van der Waals surface area contributed by atoms with Crippen molar-refractivity contribution in [3.8, 4) is 0 Å². The summed E-state index contributed by atoms with van der Waals surface area (Å²) in [4.78, 5) is 23.5. The summed E-state index contributed by atoms with van der Waals surface area (Å²) in [6.45, 7) is 8.38. The number of piperidine rings is 1.